The molecular formula is C18H18N6O4. The summed E-state index contributed by atoms with van der Waals surface area (Å²) in [5.74, 6) is -1.44. The van der Waals surface area contributed by atoms with Crippen molar-refractivity contribution in [3.63, 3.8) is 0 Å². The molecule has 2 aromatic heterocycles. The van der Waals surface area contributed by atoms with Crippen LogP contribution in [0.25, 0.3) is 0 Å². The van der Waals surface area contributed by atoms with Gasteiger partial charge in [0.1, 0.15) is 12.9 Å². The van der Waals surface area contributed by atoms with Crippen molar-refractivity contribution in [3.05, 3.63) is 59.2 Å². The van der Waals surface area contributed by atoms with Crippen LogP contribution in [0.2, 0.25) is 0 Å². The van der Waals surface area contributed by atoms with Crippen LogP contribution in [0.15, 0.2) is 36.7 Å². The molecule has 28 heavy (non-hydrogen) atoms. The standard InChI is InChI=1S/C18H18N6O4/c1-11-7-14(12(2)20-11)16(25)9-28-18(27)13-5-3-4-6-15(13)21-17(26)8-24-10-19-22-23-24/h3-7,10,20H,8-9H2,1-2H3,(H,21,26). The number of ether oxygens (including phenoxy) is 1. The molecule has 0 aliphatic heterocycles. The third-order valence-corrected chi connectivity index (χ3v) is 3.90. The second-order valence-electron chi connectivity index (χ2n) is 6.09. The number of ketones is 1. The Balaban J connectivity index is 1.64. The lowest BCUT2D eigenvalue weighted by Crippen LogP contribution is -2.21. The molecular weight excluding hydrogens is 364 g/mol. The first-order valence-corrected chi connectivity index (χ1v) is 8.40. The number of carbonyl (C=O) groups excluding carboxylic acids is 3. The molecule has 0 aliphatic carbocycles. The fraction of sp³-hybridized carbons (Fsp3) is 0.222. The van der Waals surface area contributed by atoms with E-state index in [2.05, 4.69) is 25.8 Å². The highest BCUT2D eigenvalue weighted by atomic mass is 16.5. The summed E-state index contributed by atoms with van der Waals surface area (Å²) in [5.41, 5.74) is 2.46. The van der Waals surface area contributed by atoms with Crippen molar-refractivity contribution in [1.82, 2.24) is 25.2 Å². The molecule has 144 valence electrons. The molecule has 0 fully saturated rings. The molecule has 3 rings (SSSR count). The number of benzene rings is 1. The van der Waals surface area contributed by atoms with Crippen LogP contribution in [0, 0.1) is 13.8 Å². The molecule has 1 amide bonds. The first-order chi connectivity index (χ1) is 13.4. The van der Waals surface area contributed by atoms with Crippen molar-refractivity contribution in [2.45, 2.75) is 20.4 Å². The molecule has 2 heterocycles. The molecule has 0 radical (unpaired) electrons. The molecule has 10 nitrogen and oxygen atoms in total. The van der Waals surface area contributed by atoms with Gasteiger partial charge in [0.05, 0.1) is 11.3 Å². The fourth-order valence-corrected chi connectivity index (χ4v) is 2.66. The van der Waals surface area contributed by atoms with E-state index in [1.807, 2.05) is 6.92 Å². The number of para-hydroxylation sites is 1. The van der Waals surface area contributed by atoms with Crippen molar-refractivity contribution in [2.24, 2.45) is 0 Å². The minimum Gasteiger partial charge on any atom is -0.454 e. The number of amides is 1. The van der Waals surface area contributed by atoms with Gasteiger partial charge in [-0.3, -0.25) is 9.59 Å². The SMILES string of the molecule is Cc1cc(C(=O)COC(=O)c2ccccc2NC(=O)Cn2cnnn2)c(C)[nH]1. The normalized spacial score (nSPS) is 10.5. The number of hydrogen-bond donors (Lipinski definition) is 2. The van der Waals surface area contributed by atoms with E-state index < -0.39 is 18.5 Å². The Kier molecular flexibility index (Phi) is 5.58. The number of hydrogen-bond acceptors (Lipinski definition) is 7. The molecule has 0 saturated heterocycles. The summed E-state index contributed by atoms with van der Waals surface area (Å²) in [4.78, 5) is 39.8. The lowest BCUT2D eigenvalue weighted by molar-refractivity contribution is -0.116. The number of esters is 1. The maximum Gasteiger partial charge on any atom is 0.340 e. The van der Waals surface area contributed by atoms with Crippen LogP contribution in [0.5, 0.6) is 0 Å². The van der Waals surface area contributed by atoms with Gasteiger partial charge in [0.2, 0.25) is 11.7 Å². The molecule has 1 aromatic carbocycles. The van der Waals surface area contributed by atoms with Gasteiger partial charge >= 0.3 is 5.97 Å². The Morgan fingerprint density at radius 2 is 1.96 bits per heavy atom. The number of nitrogens with one attached hydrogen (secondary N) is 2. The third-order valence-electron chi connectivity index (χ3n) is 3.90. The topological polar surface area (TPSA) is 132 Å². The molecule has 0 spiro atoms. The van der Waals surface area contributed by atoms with E-state index in [9.17, 15) is 14.4 Å². The van der Waals surface area contributed by atoms with Crippen molar-refractivity contribution >= 4 is 23.3 Å². The van der Waals surface area contributed by atoms with Crippen LogP contribution in [0.1, 0.15) is 32.1 Å². The maximum atomic E-state index is 12.4. The first-order valence-electron chi connectivity index (χ1n) is 8.40. The van der Waals surface area contributed by atoms with Gasteiger partial charge in [0.25, 0.3) is 0 Å². The van der Waals surface area contributed by atoms with Gasteiger partial charge in [-0.1, -0.05) is 12.1 Å². The number of aromatic nitrogens is 5. The Morgan fingerprint density at radius 3 is 2.64 bits per heavy atom. The Labute approximate surface area is 159 Å². The van der Waals surface area contributed by atoms with E-state index in [0.717, 1.165) is 5.69 Å². The number of carbonyl (C=O) groups is 3. The quantitative estimate of drug-likeness (QED) is 0.465. The molecule has 0 unspecified atom stereocenters. The number of rotatable bonds is 7. The summed E-state index contributed by atoms with van der Waals surface area (Å²) < 4.78 is 6.39. The van der Waals surface area contributed by atoms with Gasteiger partial charge in [-0.25, -0.2) is 9.48 Å². The summed E-state index contributed by atoms with van der Waals surface area (Å²) in [6, 6.07) is 8.08. The van der Waals surface area contributed by atoms with E-state index in [0.29, 0.717) is 11.3 Å². The number of Topliss-reactive ketones (excluding diaryl/α,β-unsaturated/α-hetero) is 1. The summed E-state index contributed by atoms with van der Waals surface area (Å²) in [5, 5.41) is 13.1. The fourth-order valence-electron chi connectivity index (χ4n) is 2.66. The summed E-state index contributed by atoms with van der Waals surface area (Å²) >= 11 is 0. The predicted molar refractivity (Wildman–Crippen MR) is 97.8 cm³/mol. The smallest absolute Gasteiger partial charge is 0.340 e. The highest BCUT2D eigenvalue weighted by molar-refractivity contribution is 6.03. The molecule has 0 saturated carbocycles. The predicted octanol–water partition coefficient (Wildman–Crippen LogP) is 1.30. The van der Waals surface area contributed by atoms with E-state index in [1.165, 1.54) is 17.1 Å². The van der Waals surface area contributed by atoms with Gasteiger partial charge in [0, 0.05) is 17.0 Å². The number of anilines is 1. The summed E-state index contributed by atoms with van der Waals surface area (Å²) in [6.07, 6.45) is 1.30. The third kappa shape index (κ3) is 4.47. The molecule has 3 aromatic rings. The van der Waals surface area contributed by atoms with Crippen LogP contribution >= 0.6 is 0 Å². The van der Waals surface area contributed by atoms with Crippen LogP contribution in [-0.4, -0.2) is 49.5 Å². The van der Waals surface area contributed by atoms with Gasteiger partial charge < -0.3 is 15.0 Å². The Bertz CT molecular complexity index is 1010. The van der Waals surface area contributed by atoms with E-state index in [-0.39, 0.29) is 23.6 Å². The number of tetrazole rings is 1. The largest absolute Gasteiger partial charge is 0.454 e. The Hall–Kier alpha value is -3.82. The van der Waals surface area contributed by atoms with Gasteiger partial charge in [-0.2, -0.15) is 0 Å². The number of H-pyrrole nitrogens is 1. The monoisotopic (exact) mass is 382 g/mol. The number of aromatic amines is 1. The zero-order valence-corrected chi connectivity index (χ0v) is 15.3. The van der Waals surface area contributed by atoms with Crippen LogP contribution in [-0.2, 0) is 16.1 Å². The van der Waals surface area contributed by atoms with E-state index in [4.69, 9.17) is 4.74 Å². The highest BCUT2D eigenvalue weighted by Gasteiger charge is 2.18. The molecule has 0 atom stereocenters. The van der Waals surface area contributed by atoms with Crippen LogP contribution in [0.3, 0.4) is 0 Å². The summed E-state index contributed by atoms with van der Waals surface area (Å²) in [7, 11) is 0. The lowest BCUT2D eigenvalue weighted by Gasteiger charge is -2.10. The lowest BCUT2D eigenvalue weighted by atomic mass is 10.1. The zero-order valence-electron chi connectivity index (χ0n) is 15.3. The first kappa shape index (κ1) is 19.0. The zero-order chi connectivity index (χ0) is 20.1. The van der Waals surface area contributed by atoms with Crippen molar-refractivity contribution in [2.75, 3.05) is 11.9 Å². The van der Waals surface area contributed by atoms with E-state index >= 15 is 0 Å². The second-order valence-corrected chi connectivity index (χ2v) is 6.09. The average molecular weight is 382 g/mol. The van der Waals surface area contributed by atoms with Gasteiger partial charge in [-0.15, -0.1) is 5.10 Å². The highest BCUT2D eigenvalue weighted by Crippen LogP contribution is 2.17. The van der Waals surface area contributed by atoms with Crippen LogP contribution in [0.4, 0.5) is 5.69 Å². The maximum absolute atomic E-state index is 12.4. The van der Waals surface area contributed by atoms with Crippen molar-refractivity contribution < 1.29 is 19.1 Å². The minimum absolute atomic E-state index is 0.110. The van der Waals surface area contributed by atoms with E-state index in [1.54, 1.807) is 31.2 Å². The average Bonchev–Trinajstić information content (AvgIpc) is 3.28. The molecule has 0 aliphatic rings. The van der Waals surface area contributed by atoms with Gasteiger partial charge in [0.15, 0.2) is 6.61 Å². The molecule has 0 bridgehead atoms. The number of aryl methyl sites for hydroxylation is 2. The van der Waals surface area contributed by atoms with Crippen LogP contribution < -0.4 is 5.32 Å². The second kappa shape index (κ2) is 8.25. The minimum atomic E-state index is -0.711. The molecule has 2 N–H and O–H groups in total. The summed E-state index contributed by atoms with van der Waals surface area (Å²) in [6.45, 7) is 3.10. The van der Waals surface area contributed by atoms with Crippen molar-refractivity contribution in [1.29, 1.82) is 0 Å². The Morgan fingerprint density at radius 1 is 1.18 bits per heavy atom. The van der Waals surface area contributed by atoms with Crippen molar-refractivity contribution in [3.8, 4) is 0 Å². The van der Waals surface area contributed by atoms with Gasteiger partial charge in [-0.05, 0) is 42.5 Å². The number of nitrogens with zero attached hydrogens (tertiary/aromatic N) is 4. The molecule has 10 heteroatoms.